The van der Waals surface area contributed by atoms with Crippen LogP contribution in [0.1, 0.15) is 19.4 Å². The minimum absolute atomic E-state index is 0.0160. The number of aromatic nitrogens is 1. The minimum Gasteiger partial charge on any atom is -0.378 e. The number of nitrogens with zero attached hydrogens (tertiary/aromatic N) is 1. The van der Waals surface area contributed by atoms with Crippen LogP contribution in [0.25, 0.3) is 0 Å². The van der Waals surface area contributed by atoms with Gasteiger partial charge in [0.05, 0.1) is 24.2 Å². The van der Waals surface area contributed by atoms with E-state index in [2.05, 4.69) is 9.71 Å². The summed E-state index contributed by atoms with van der Waals surface area (Å²) < 4.78 is 31.3. The molecular weight excluding hydrogens is 311 g/mol. The van der Waals surface area contributed by atoms with Gasteiger partial charge in [-0.1, -0.05) is 23.2 Å². The summed E-state index contributed by atoms with van der Waals surface area (Å²) in [7, 11) is -3.53. The summed E-state index contributed by atoms with van der Waals surface area (Å²) in [6.07, 6.45) is -0.0160. The highest BCUT2D eigenvalue weighted by atomic mass is 35.5. The van der Waals surface area contributed by atoms with Gasteiger partial charge >= 0.3 is 0 Å². The first-order chi connectivity index (χ1) is 8.71. The van der Waals surface area contributed by atoms with Crippen molar-refractivity contribution >= 4 is 38.9 Å². The molecule has 0 spiro atoms. The van der Waals surface area contributed by atoms with Crippen molar-refractivity contribution < 1.29 is 13.2 Å². The third-order valence-electron chi connectivity index (χ3n) is 2.20. The Kier molecular flexibility index (Phi) is 5.85. The molecule has 108 valence electrons. The highest BCUT2D eigenvalue weighted by Crippen LogP contribution is 2.27. The molecule has 1 N–H and O–H groups in total. The van der Waals surface area contributed by atoms with Gasteiger partial charge in [0.1, 0.15) is 5.15 Å². The first-order valence-corrected chi connectivity index (χ1v) is 8.07. The van der Waals surface area contributed by atoms with Crippen molar-refractivity contribution in [2.24, 2.45) is 0 Å². The second kappa shape index (κ2) is 6.74. The van der Waals surface area contributed by atoms with Crippen molar-refractivity contribution in [1.29, 1.82) is 0 Å². The lowest BCUT2D eigenvalue weighted by Gasteiger charge is -2.13. The van der Waals surface area contributed by atoms with Crippen molar-refractivity contribution in [3.63, 3.8) is 0 Å². The fourth-order valence-electron chi connectivity index (χ4n) is 1.32. The molecule has 0 bridgehead atoms. The van der Waals surface area contributed by atoms with Crippen LogP contribution < -0.4 is 4.72 Å². The number of aryl methyl sites for hydroxylation is 1. The summed E-state index contributed by atoms with van der Waals surface area (Å²) >= 11 is 11.6. The van der Waals surface area contributed by atoms with E-state index in [9.17, 15) is 8.42 Å². The van der Waals surface area contributed by atoms with E-state index in [0.29, 0.717) is 5.56 Å². The normalized spacial score (nSPS) is 11.9. The lowest BCUT2D eigenvalue weighted by molar-refractivity contribution is 0.0913. The summed E-state index contributed by atoms with van der Waals surface area (Å²) in [4.78, 5) is 3.80. The van der Waals surface area contributed by atoms with Crippen LogP contribution in [0.4, 0.5) is 5.69 Å². The average Bonchev–Trinajstić information content (AvgIpc) is 2.22. The van der Waals surface area contributed by atoms with E-state index >= 15 is 0 Å². The van der Waals surface area contributed by atoms with Crippen molar-refractivity contribution in [2.75, 3.05) is 17.1 Å². The molecule has 1 aromatic heterocycles. The molecule has 5 nitrogen and oxygen atoms in total. The molecule has 0 unspecified atom stereocenters. The molecule has 1 rings (SSSR count). The van der Waals surface area contributed by atoms with Crippen LogP contribution in [-0.4, -0.2) is 31.9 Å². The van der Waals surface area contributed by atoms with Crippen molar-refractivity contribution in [1.82, 2.24) is 4.98 Å². The maximum absolute atomic E-state index is 11.9. The van der Waals surface area contributed by atoms with Gasteiger partial charge in [-0.25, -0.2) is 13.4 Å². The van der Waals surface area contributed by atoms with Crippen LogP contribution >= 0.6 is 23.2 Å². The third kappa shape index (κ3) is 5.52. The maximum atomic E-state index is 11.9. The van der Waals surface area contributed by atoms with Crippen molar-refractivity contribution in [3.05, 3.63) is 21.9 Å². The fourth-order valence-corrected chi connectivity index (χ4v) is 2.94. The summed E-state index contributed by atoms with van der Waals surface area (Å²) in [6, 6.07) is 1.54. The van der Waals surface area contributed by atoms with Gasteiger partial charge in [-0.3, -0.25) is 4.72 Å². The Bertz CT molecular complexity index is 524. The molecule has 1 aromatic rings. The molecule has 8 heteroatoms. The molecule has 0 saturated heterocycles. The van der Waals surface area contributed by atoms with E-state index < -0.39 is 10.0 Å². The SMILES string of the molecule is Cc1cc(Cl)nc(Cl)c1NS(=O)(=O)CCOC(C)C. The van der Waals surface area contributed by atoms with Crippen LogP contribution in [0.3, 0.4) is 0 Å². The van der Waals surface area contributed by atoms with Crippen LogP contribution in [0.15, 0.2) is 6.07 Å². The molecule has 0 aliphatic heterocycles. The number of pyridine rings is 1. The molecule has 0 atom stereocenters. The van der Waals surface area contributed by atoms with E-state index in [1.54, 1.807) is 6.92 Å². The first-order valence-electron chi connectivity index (χ1n) is 5.66. The molecular formula is C11H16Cl2N2O3S. The van der Waals surface area contributed by atoms with Gasteiger partial charge < -0.3 is 4.74 Å². The van der Waals surface area contributed by atoms with Gasteiger partial charge in [-0.2, -0.15) is 0 Å². The Balaban J connectivity index is 2.79. The minimum atomic E-state index is -3.53. The number of ether oxygens (including phenoxy) is 1. The zero-order valence-corrected chi connectivity index (χ0v) is 13.2. The zero-order chi connectivity index (χ0) is 14.6. The Morgan fingerprint density at radius 2 is 2.05 bits per heavy atom. The zero-order valence-electron chi connectivity index (χ0n) is 10.9. The Morgan fingerprint density at radius 1 is 1.42 bits per heavy atom. The Hall–Kier alpha value is -0.560. The fraction of sp³-hybridized carbons (Fsp3) is 0.545. The standard InChI is InChI=1S/C11H16Cl2N2O3S/c1-7(2)18-4-5-19(16,17)15-10-8(3)6-9(12)14-11(10)13/h6-7,15H,4-5H2,1-3H3. The van der Waals surface area contributed by atoms with Gasteiger partial charge in [0.25, 0.3) is 0 Å². The van der Waals surface area contributed by atoms with Crippen molar-refractivity contribution in [3.8, 4) is 0 Å². The smallest absolute Gasteiger partial charge is 0.235 e. The molecule has 0 fully saturated rings. The van der Waals surface area contributed by atoms with E-state index in [0.717, 1.165) is 0 Å². The second-order valence-electron chi connectivity index (χ2n) is 4.27. The second-order valence-corrected chi connectivity index (χ2v) is 6.86. The molecule has 19 heavy (non-hydrogen) atoms. The topological polar surface area (TPSA) is 68.3 Å². The summed E-state index contributed by atoms with van der Waals surface area (Å²) in [5.41, 5.74) is 0.856. The summed E-state index contributed by atoms with van der Waals surface area (Å²) in [5, 5.41) is 0.243. The van der Waals surface area contributed by atoms with Crippen molar-refractivity contribution in [2.45, 2.75) is 26.9 Å². The van der Waals surface area contributed by atoms with E-state index in [1.165, 1.54) is 6.07 Å². The molecule has 0 radical (unpaired) electrons. The average molecular weight is 327 g/mol. The van der Waals surface area contributed by atoms with E-state index in [1.807, 2.05) is 13.8 Å². The highest BCUT2D eigenvalue weighted by Gasteiger charge is 2.16. The predicted octanol–water partition coefficient (Wildman–Crippen LogP) is 2.86. The molecule has 0 aliphatic rings. The molecule has 0 aliphatic carbocycles. The number of anilines is 1. The quantitative estimate of drug-likeness (QED) is 0.816. The highest BCUT2D eigenvalue weighted by molar-refractivity contribution is 7.92. The number of sulfonamides is 1. The lowest BCUT2D eigenvalue weighted by Crippen LogP contribution is -2.22. The Morgan fingerprint density at radius 3 is 2.58 bits per heavy atom. The molecule has 0 amide bonds. The number of halogens is 2. The van der Waals surface area contributed by atoms with Gasteiger partial charge in [-0.05, 0) is 32.4 Å². The largest absolute Gasteiger partial charge is 0.378 e. The first kappa shape index (κ1) is 16.5. The Labute approximate surface area is 123 Å². The van der Waals surface area contributed by atoms with Gasteiger partial charge in [0, 0.05) is 0 Å². The number of nitrogens with one attached hydrogen (secondary N) is 1. The van der Waals surface area contributed by atoms with Crippen LogP contribution in [-0.2, 0) is 14.8 Å². The van der Waals surface area contributed by atoms with E-state index in [4.69, 9.17) is 27.9 Å². The van der Waals surface area contributed by atoms with Crippen LogP contribution in [0, 0.1) is 6.92 Å². The summed E-state index contributed by atoms with van der Waals surface area (Å²) in [6.45, 7) is 5.49. The lowest BCUT2D eigenvalue weighted by atomic mass is 10.3. The molecule has 0 saturated carbocycles. The van der Waals surface area contributed by atoms with Gasteiger partial charge in [0.2, 0.25) is 10.0 Å². The van der Waals surface area contributed by atoms with Gasteiger partial charge in [-0.15, -0.1) is 0 Å². The summed E-state index contributed by atoms with van der Waals surface area (Å²) in [5.74, 6) is -0.149. The number of hydrogen-bond acceptors (Lipinski definition) is 4. The predicted molar refractivity (Wildman–Crippen MR) is 77.5 cm³/mol. The van der Waals surface area contributed by atoms with Crippen LogP contribution in [0.5, 0.6) is 0 Å². The number of hydrogen-bond donors (Lipinski definition) is 1. The monoisotopic (exact) mass is 326 g/mol. The molecule has 0 aromatic carbocycles. The van der Waals surface area contributed by atoms with Crippen LogP contribution in [0.2, 0.25) is 10.3 Å². The number of rotatable bonds is 6. The van der Waals surface area contributed by atoms with E-state index in [-0.39, 0.29) is 34.5 Å². The third-order valence-corrected chi connectivity index (χ3v) is 3.89. The molecule has 1 heterocycles. The van der Waals surface area contributed by atoms with Gasteiger partial charge in [0.15, 0.2) is 5.15 Å². The maximum Gasteiger partial charge on any atom is 0.235 e.